The fourth-order valence-electron chi connectivity index (χ4n) is 3.73. The Morgan fingerprint density at radius 2 is 1.73 bits per heavy atom. The van der Waals surface area contributed by atoms with Gasteiger partial charge >= 0.3 is 0 Å². The Kier molecular flexibility index (Phi) is 10.5. The van der Waals surface area contributed by atoms with Crippen molar-refractivity contribution >= 4 is 29.9 Å². The van der Waals surface area contributed by atoms with Crippen LogP contribution in [-0.4, -0.2) is 48.7 Å². The first-order chi connectivity index (χ1) is 14.2. The van der Waals surface area contributed by atoms with E-state index in [1.54, 1.807) is 18.2 Å². The number of nitrogens with zero attached hydrogens (tertiary/aromatic N) is 2. The molecule has 164 valence electrons. The van der Waals surface area contributed by atoms with Gasteiger partial charge in [-0.15, -0.1) is 24.0 Å². The molecule has 0 aliphatic carbocycles. The molecule has 3 rings (SSSR count). The van der Waals surface area contributed by atoms with E-state index in [4.69, 9.17) is 4.99 Å². The van der Waals surface area contributed by atoms with Gasteiger partial charge in [0.2, 0.25) is 0 Å². The number of hydrogen-bond acceptors (Lipinski definition) is 3. The molecular formula is C23H32FIN4O. The third-order valence-electron chi connectivity index (χ3n) is 5.26. The predicted molar refractivity (Wildman–Crippen MR) is 131 cm³/mol. The Balaban J connectivity index is 0.00000320. The van der Waals surface area contributed by atoms with E-state index >= 15 is 0 Å². The van der Waals surface area contributed by atoms with Crippen LogP contribution in [0.2, 0.25) is 0 Å². The minimum atomic E-state index is -0.941. The maximum absolute atomic E-state index is 13.9. The molecule has 1 aliphatic heterocycles. The summed E-state index contributed by atoms with van der Waals surface area (Å²) in [6.45, 7) is 5.69. The van der Waals surface area contributed by atoms with Crippen LogP contribution in [0.1, 0.15) is 43.0 Å². The van der Waals surface area contributed by atoms with Crippen molar-refractivity contribution in [3.8, 4) is 0 Å². The number of guanidine groups is 1. The molecule has 30 heavy (non-hydrogen) atoms. The highest BCUT2D eigenvalue weighted by molar-refractivity contribution is 14.0. The van der Waals surface area contributed by atoms with Crippen molar-refractivity contribution in [2.75, 3.05) is 32.7 Å². The lowest BCUT2D eigenvalue weighted by atomic mass is 10.1. The Morgan fingerprint density at radius 3 is 2.40 bits per heavy atom. The van der Waals surface area contributed by atoms with Gasteiger partial charge in [-0.1, -0.05) is 48.5 Å². The third kappa shape index (κ3) is 6.92. The zero-order valence-electron chi connectivity index (χ0n) is 17.4. The number of benzene rings is 2. The standard InChI is InChI=1S/C23H31FN4O.HI/c1-2-25-23(27-17-22(29)19-12-6-7-13-20(19)24)26-16-21(28-14-8-9-15-28)18-10-4-3-5-11-18;/h3-7,10-13,21-22,29H,2,8-9,14-17H2,1H3,(H2,25,26,27);1H. The maximum Gasteiger partial charge on any atom is 0.191 e. The average Bonchev–Trinajstić information content (AvgIpc) is 3.27. The number of halogens is 2. The van der Waals surface area contributed by atoms with Crippen LogP contribution in [0.3, 0.4) is 0 Å². The molecule has 0 amide bonds. The molecule has 1 aliphatic rings. The van der Waals surface area contributed by atoms with E-state index in [9.17, 15) is 9.50 Å². The number of aliphatic imine (C=N–C) groups is 1. The summed E-state index contributed by atoms with van der Waals surface area (Å²) in [6, 6.07) is 17.0. The molecule has 5 nitrogen and oxygen atoms in total. The maximum atomic E-state index is 13.9. The number of likely N-dealkylation sites (tertiary alicyclic amines) is 1. The summed E-state index contributed by atoms with van der Waals surface area (Å²) in [7, 11) is 0. The number of nitrogens with one attached hydrogen (secondary N) is 2. The lowest BCUT2D eigenvalue weighted by molar-refractivity contribution is 0.176. The molecule has 0 spiro atoms. The molecule has 2 atom stereocenters. The summed E-state index contributed by atoms with van der Waals surface area (Å²) >= 11 is 0. The fraction of sp³-hybridized carbons (Fsp3) is 0.435. The van der Waals surface area contributed by atoms with Gasteiger partial charge in [0.05, 0.1) is 18.7 Å². The second-order valence-corrected chi connectivity index (χ2v) is 7.31. The van der Waals surface area contributed by atoms with Gasteiger partial charge in [0, 0.05) is 18.7 Å². The van der Waals surface area contributed by atoms with E-state index in [0.29, 0.717) is 19.0 Å². The summed E-state index contributed by atoms with van der Waals surface area (Å²) in [6.07, 6.45) is 1.50. The van der Waals surface area contributed by atoms with Gasteiger partial charge in [0.15, 0.2) is 5.96 Å². The largest absolute Gasteiger partial charge is 0.386 e. The predicted octanol–water partition coefficient (Wildman–Crippen LogP) is 3.87. The van der Waals surface area contributed by atoms with E-state index < -0.39 is 11.9 Å². The molecule has 0 aromatic heterocycles. The van der Waals surface area contributed by atoms with Crippen LogP contribution < -0.4 is 10.6 Å². The highest BCUT2D eigenvalue weighted by Gasteiger charge is 2.23. The molecule has 2 aromatic rings. The normalized spacial score (nSPS) is 16.6. The first-order valence-corrected chi connectivity index (χ1v) is 10.4. The topological polar surface area (TPSA) is 59.9 Å². The van der Waals surface area contributed by atoms with Crippen LogP contribution in [0, 0.1) is 5.82 Å². The first kappa shape index (κ1) is 24.6. The van der Waals surface area contributed by atoms with E-state index in [1.165, 1.54) is 24.5 Å². The average molecular weight is 526 g/mol. The molecule has 1 saturated heterocycles. The molecule has 0 saturated carbocycles. The van der Waals surface area contributed by atoms with Crippen LogP contribution in [0.25, 0.3) is 0 Å². The van der Waals surface area contributed by atoms with Gasteiger partial charge in [-0.25, -0.2) is 4.39 Å². The van der Waals surface area contributed by atoms with Crippen molar-refractivity contribution < 1.29 is 9.50 Å². The number of hydrogen-bond donors (Lipinski definition) is 3. The van der Waals surface area contributed by atoms with Crippen LogP contribution >= 0.6 is 24.0 Å². The van der Waals surface area contributed by atoms with Crippen LogP contribution in [0.4, 0.5) is 4.39 Å². The summed E-state index contributed by atoms with van der Waals surface area (Å²) in [4.78, 5) is 7.25. The van der Waals surface area contributed by atoms with Gasteiger partial charge in [-0.05, 0) is 44.5 Å². The lowest BCUT2D eigenvalue weighted by Crippen LogP contribution is -2.40. The Hall–Kier alpha value is -1.71. The van der Waals surface area contributed by atoms with Crippen molar-refractivity contribution in [2.24, 2.45) is 4.99 Å². The zero-order valence-corrected chi connectivity index (χ0v) is 19.8. The van der Waals surface area contributed by atoms with E-state index in [2.05, 4.69) is 39.8 Å². The Morgan fingerprint density at radius 1 is 1.07 bits per heavy atom. The van der Waals surface area contributed by atoms with Crippen molar-refractivity contribution in [1.29, 1.82) is 0 Å². The first-order valence-electron chi connectivity index (χ1n) is 10.4. The van der Waals surface area contributed by atoms with Crippen LogP contribution in [0.15, 0.2) is 59.6 Å². The van der Waals surface area contributed by atoms with Crippen molar-refractivity contribution in [2.45, 2.75) is 31.9 Å². The van der Waals surface area contributed by atoms with Crippen molar-refractivity contribution in [3.63, 3.8) is 0 Å². The van der Waals surface area contributed by atoms with Gasteiger partial charge in [0.25, 0.3) is 0 Å². The second kappa shape index (κ2) is 12.9. The zero-order chi connectivity index (χ0) is 20.5. The minimum Gasteiger partial charge on any atom is -0.386 e. The molecule has 1 fully saturated rings. The van der Waals surface area contributed by atoms with E-state index in [1.807, 2.05) is 13.0 Å². The Labute approximate surface area is 195 Å². The van der Waals surface area contributed by atoms with E-state index in [-0.39, 0.29) is 42.1 Å². The fourth-order valence-corrected chi connectivity index (χ4v) is 3.73. The van der Waals surface area contributed by atoms with Gasteiger partial charge in [-0.2, -0.15) is 0 Å². The van der Waals surface area contributed by atoms with Gasteiger partial charge < -0.3 is 15.7 Å². The number of aliphatic hydroxyl groups is 1. The molecule has 7 heteroatoms. The summed E-state index contributed by atoms with van der Waals surface area (Å²) in [5.74, 6) is 0.227. The molecule has 2 aromatic carbocycles. The number of aliphatic hydroxyl groups excluding tert-OH is 1. The Bertz CT molecular complexity index is 784. The molecule has 1 heterocycles. The lowest BCUT2D eigenvalue weighted by Gasteiger charge is -2.27. The van der Waals surface area contributed by atoms with Crippen LogP contribution in [-0.2, 0) is 0 Å². The van der Waals surface area contributed by atoms with Gasteiger partial charge in [-0.3, -0.25) is 9.89 Å². The molecule has 3 N–H and O–H groups in total. The van der Waals surface area contributed by atoms with Crippen LogP contribution in [0.5, 0.6) is 0 Å². The minimum absolute atomic E-state index is 0. The number of rotatable bonds is 8. The van der Waals surface area contributed by atoms with Gasteiger partial charge in [0.1, 0.15) is 5.82 Å². The van der Waals surface area contributed by atoms with E-state index in [0.717, 1.165) is 13.1 Å². The third-order valence-corrected chi connectivity index (χ3v) is 5.26. The SMILES string of the molecule is CCNC(=NCC(c1ccccc1)N1CCCC1)NCC(O)c1ccccc1F.I. The summed E-state index contributed by atoms with van der Waals surface area (Å²) in [5, 5.41) is 16.7. The summed E-state index contributed by atoms with van der Waals surface area (Å²) in [5.41, 5.74) is 1.55. The van der Waals surface area contributed by atoms with Crippen molar-refractivity contribution in [3.05, 3.63) is 71.5 Å². The smallest absolute Gasteiger partial charge is 0.191 e. The highest BCUT2D eigenvalue weighted by atomic mass is 127. The molecule has 2 unspecified atom stereocenters. The van der Waals surface area contributed by atoms with Crippen molar-refractivity contribution in [1.82, 2.24) is 15.5 Å². The molecule has 0 bridgehead atoms. The highest BCUT2D eigenvalue weighted by Crippen LogP contribution is 2.25. The quantitative estimate of drug-likeness (QED) is 0.278. The monoisotopic (exact) mass is 526 g/mol. The molecule has 0 radical (unpaired) electrons. The second-order valence-electron chi connectivity index (χ2n) is 7.31. The summed E-state index contributed by atoms with van der Waals surface area (Å²) < 4.78 is 13.9. The molecular weight excluding hydrogens is 494 g/mol.